The van der Waals surface area contributed by atoms with Crippen molar-refractivity contribution in [1.82, 2.24) is 19.4 Å². The molecular formula is C43H63FN4O9. The average molecular weight is 799 g/mol. The van der Waals surface area contributed by atoms with Crippen LogP contribution < -0.4 is 0 Å². The van der Waals surface area contributed by atoms with Gasteiger partial charge in [0.1, 0.15) is 18.0 Å². The van der Waals surface area contributed by atoms with Crippen LogP contribution in [-0.4, -0.2) is 103 Å². The highest BCUT2D eigenvalue weighted by Crippen LogP contribution is 2.45. The SMILES string of the molecule is CC[C@H]1OC(=O)[C@@](C)(F)C(=O)[C@H](C)[C@@H](OC2O[C@H](C)C[C@H](C)[C@H]2O)C(C)(C)C[C@@H](C)C(=O)C[C@H]2N(CCCCn3cnc(-c4ccc(C)nc4)c3)C(=O)O[C@]12CC. The van der Waals surface area contributed by atoms with Gasteiger partial charge in [-0.2, -0.15) is 0 Å². The molecule has 1 N–H and O–H groups in total. The molecule has 57 heavy (non-hydrogen) atoms. The van der Waals surface area contributed by atoms with Crippen LogP contribution in [0, 0.1) is 30.1 Å². The van der Waals surface area contributed by atoms with Crippen LogP contribution in [0.5, 0.6) is 0 Å². The summed E-state index contributed by atoms with van der Waals surface area (Å²) in [6, 6.07) is 3.08. The minimum absolute atomic E-state index is 0.0906. The van der Waals surface area contributed by atoms with Crippen molar-refractivity contribution in [3.63, 3.8) is 0 Å². The number of unbranched alkanes of at least 4 members (excludes halogenated alkanes) is 1. The topological polar surface area (TPSA) is 159 Å². The molecule has 5 rings (SSSR count). The van der Waals surface area contributed by atoms with E-state index in [9.17, 15) is 24.3 Å². The van der Waals surface area contributed by atoms with Crippen LogP contribution >= 0.6 is 0 Å². The normalized spacial score (nSPS) is 35.4. The quantitative estimate of drug-likeness (QED) is 0.153. The van der Waals surface area contributed by atoms with Gasteiger partial charge in [-0.05, 0) is 82.8 Å². The molecule has 2 aromatic rings. The summed E-state index contributed by atoms with van der Waals surface area (Å²) in [7, 11) is 0. The van der Waals surface area contributed by atoms with E-state index in [4.69, 9.17) is 18.9 Å². The number of Topliss-reactive ketones (excluding diaryl/α,β-unsaturated/α-hetero) is 2. The second-order valence-electron chi connectivity index (χ2n) is 17.6. The van der Waals surface area contributed by atoms with Crippen LogP contribution in [0.1, 0.15) is 113 Å². The summed E-state index contributed by atoms with van der Waals surface area (Å²) in [4.78, 5) is 66.6. The van der Waals surface area contributed by atoms with E-state index in [0.29, 0.717) is 25.8 Å². The molecule has 0 radical (unpaired) electrons. The number of nitrogens with zero attached hydrogens (tertiary/aromatic N) is 4. The molecule has 2 aromatic heterocycles. The van der Waals surface area contributed by atoms with Crippen molar-refractivity contribution in [2.45, 2.75) is 169 Å². The molecule has 0 bridgehead atoms. The Balaban J connectivity index is 1.42. The van der Waals surface area contributed by atoms with E-state index in [1.54, 1.807) is 38.2 Å². The van der Waals surface area contributed by atoms with Crippen LogP contribution in [0.2, 0.25) is 0 Å². The van der Waals surface area contributed by atoms with Crippen LogP contribution in [-0.2, 0) is 39.9 Å². The minimum Gasteiger partial charge on any atom is -0.455 e. The number of aliphatic hydroxyl groups excluding tert-OH is 1. The Bertz CT molecular complexity index is 1750. The summed E-state index contributed by atoms with van der Waals surface area (Å²) < 4.78 is 43.2. The summed E-state index contributed by atoms with van der Waals surface area (Å²) in [5, 5.41) is 11.1. The third kappa shape index (κ3) is 9.28. The van der Waals surface area contributed by atoms with E-state index in [0.717, 1.165) is 23.9 Å². The number of amides is 1. The first-order valence-corrected chi connectivity index (χ1v) is 20.7. The Morgan fingerprint density at radius 3 is 2.37 bits per heavy atom. The smallest absolute Gasteiger partial charge is 0.410 e. The van der Waals surface area contributed by atoms with Crippen molar-refractivity contribution in [2.75, 3.05) is 6.54 Å². The van der Waals surface area contributed by atoms with Gasteiger partial charge < -0.3 is 33.5 Å². The standard InChI is InChI=1S/C43H63FN4O9/c1-11-34-43(12-2)33(48(40(53)57-43)18-14-13-17-47-23-31(46-24-47)30-16-15-27(5)45-22-30)20-32(49)26(4)21-41(8,9)37(29(7)36(51)42(10,44)39(52)55-34)56-38-35(50)25(3)19-28(6)54-38/h15-16,22-26,28-29,33-35,37-38,50H,11-14,17-21H2,1-10H3/t25-,26+,28+,29-,33+,34+,35+,37+,38?,42-,43-/m0/s1. The van der Waals surface area contributed by atoms with E-state index in [2.05, 4.69) is 9.97 Å². The maximum Gasteiger partial charge on any atom is 0.410 e. The summed E-state index contributed by atoms with van der Waals surface area (Å²) in [5.74, 6) is -4.57. The number of carbonyl (C=O) groups is 4. The van der Waals surface area contributed by atoms with Crippen molar-refractivity contribution < 1.29 is 47.6 Å². The second-order valence-corrected chi connectivity index (χ2v) is 17.6. The van der Waals surface area contributed by atoms with Gasteiger partial charge in [0.05, 0.1) is 30.3 Å². The summed E-state index contributed by atoms with van der Waals surface area (Å²) in [6.07, 6.45) is 2.54. The predicted octanol–water partition coefficient (Wildman–Crippen LogP) is 6.80. The van der Waals surface area contributed by atoms with Crippen molar-refractivity contribution in [3.05, 3.63) is 36.5 Å². The molecule has 0 spiro atoms. The van der Waals surface area contributed by atoms with E-state index in [1.807, 2.05) is 57.5 Å². The number of cyclic esters (lactones) is 1. The molecule has 1 amide bonds. The summed E-state index contributed by atoms with van der Waals surface area (Å²) in [5.41, 5.74) is -2.90. The monoisotopic (exact) mass is 798 g/mol. The Morgan fingerprint density at radius 2 is 1.72 bits per heavy atom. The van der Waals surface area contributed by atoms with Crippen LogP contribution in [0.4, 0.5) is 9.18 Å². The molecule has 3 fully saturated rings. The van der Waals surface area contributed by atoms with Gasteiger partial charge in [-0.3, -0.25) is 14.6 Å². The van der Waals surface area contributed by atoms with Gasteiger partial charge in [-0.25, -0.2) is 19.0 Å². The number of esters is 1. The largest absolute Gasteiger partial charge is 0.455 e. The zero-order chi connectivity index (χ0) is 42.0. The molecule has 3 saturated heterocycles. The molecule has 5 heterocycles. The fourth-order valence-corrected chi connectivity index (χ4v) is 9.23. The number of pyridine rings is 1. The molecule has 14 heteroatoms. The van der Waals surface area contributed by atoms with Gasteiger partial charge in [-0.1, -0.05) is 48.5 Å². The van der Waals surface area contributed by atoms with E-state index in [-0.39, 0.29) is 50.0 Å². The second kappa shape index (κ2) is 17.6. The third-order valence-electron chi connectivity index (χ3n) is 12.5. The number of alkyl halides is 1. The molecule has 13 nitrogen and oxygen atoms in total. The molecule has 0 aromatic carbocycles. The average Bonchev–Trinajstić information content (AvgIpc) is 3.74. The zero-order valence-electron chi connectivity index (χ0n) is 35.3. The van der Waals surface area contributed by atoms with Crippen LogP contribution in [0.3, 0.4) is 0 Å². The maximum atomic E-state index is 16.8. The van der Waals surface area contributed by atoms with Crippen LogP contribution in [0.25, 0.3) is 11.3 Å². The lowest BCUT2D eigenvalue weighted by Crippen LogP contribution is -2.58. The lowest BCUT2D eigenvalue weighted by molar-refractivity contribution is -0.284. The fourth-order valence-electron chi connectivity index (χ4n) is 9.23. The molecule has 11 atom stereocenters. The third-order valence-corrected chi connectivity index (χ3v) is 12.5. The first-order valence-electron chi connectivity index (χ1n) is 20.7. The highest BCUT2D eigenvalue weighted by atomic mass is 19.1. The molecule has 3 aliphatic rings. The lowest BCUT2D eigenvalue weighted by atomic mass is 9.70. The Hall–Kier alpha value is -3.75. The number of ether oxygens (including phenoxy) is 4. The summed E-state index contributed by atoms with van der Waals surface area (Å²) >= 11 is 0. The van der Waals surface area contributed by atoms with Crippen molar-refractivity contribution >= 4 is 23.6 Å². The highest BCUT2D eigenvalue weighted by molar-refractivity contribution is 6.07. The van der Waals surface area contributed by atoms with Gasteiger partial charge in [-0.15, -0.1) is 0 Å². The number of carbonyl (C=O) groups excluding carboxylic acids is 4. The number of hydrogen-bond donors (Lipinski definition) is 1. The lowest BCUT2D eigenvalue weighted by Gasteiger charge is -2.45. The van der Waals surface area contributed by atoms with E-state index < -0.39 is 77.0 Å². The minimum atomic E-state index is -3.10. The molecule has 3 aliphatic heterocycles. The van der Waals surface area contributed by atoms with Gasteiger partial charge >= 0.3 is 12.1 Å². The molecule has 0 aliphatic carbocycles. The van der Waals surface area contributed by atoms with Crippen molar-refractivity contribution in [3.8, 4) is 11.3 Å². The highest BCUT2D eigenvalue weighted by Gasteiger charge is 2.61. The van der Waals surface area contributed by atoms with Crippen LogP contribution in [0.15, 0.2) is 30.9 Å². The van der Waals surface area contributed by atoms with Gasteiger partial charge in [0.15, 0.2) is 17.7 Å². The van der Waals surface area contributed by atoms with Gasteiger partial charge in [0.25, 0.3) is 5.67 Å². The number of fused-ring (bicyclic) bond motifs is 1. The molecular weight excluding hydrogens is 735 g/mol. The van der Waals surface area contributed by atoms with Crippen molar-refractivity contribution in [1.29, 1.82) is 0 Å². The zero-order valence-corrected chi connectivity index (χ0v) is 35.3. The Kier molecular flexibility index (Phi) is 13.7. The maximum absolute atomic E-state index is 16.8. The first kappa shape index (κ1) is 44.4. The van der Waals surface area contributed by atoms with Crippen molar-refractivity contribution in [2.24, 2.45) is 23.2 Å². The predicted molar refractivity (Wildman–Crippen MR) is 209 cm³/mol. The number of rotatable bonds is 10. The van der Waals surface area contributed by atoms with Gasteiger partial charge in [0.2, 0.25) is 0 Å². The Morgan fingerprint density at radius 1 is 1.02 bits per heavy atom. The van der Waals surface area contributed by atoms with E-state index in [1.165, 1.54) is 6.92 Å². The number of imidazole rings is 1. The molecule has 316 valence electrons. The number of aromatic nitrogens is 3. The van der Waals surface area contributed by atoms with E-state index >= 15 is 4.39 Å². The van der Waals surface area contributed by atoms with Gasteiger partial charge in [0, 0.05) is 55.0 Å². The number of hydrogen-bond acceptors (Lipinski definition) is 11. The fraction of sp³-hybridized carbons (Fsp3) is 0.721. The Labute approximate surface area is 336 Å². The molecule has 1 unspecified atom stereocenters. The number of aliphatic hydroxyl groups is 1. The number of aryl methyl sites for hydroxylation is 2. The number of halogens is 1. The summed E-state index contributed by atoms with van der Waals surface area (Å²) in [6.45, 7) is 17.9. The number of ketones is 2. The molecule has 0 saturated carbocycles. The first-order chi connectivity index (χ1) is 26.7.